The zero-order chi connectivity index (χ0) is 37.3. The van der Waals surface area contributed by atoms with E-state index in [0.29, 0.717) is 67.0 Å². The summed E-state index contributed by atoms with van der Waals surface area (Å²) in [5, 5.41) is 9.65. The lowest BCUT2D eigenvalue weighted by Crippen LogP contribution is -2.08. The lowest BCUT2D eigenvalue weighted by Gasteiger charge is -2.15. The van der Waals surface area contributed by atoms with E-state index in [1.54, 1.807) is 18.2 Å². The van der Waals surface area contributed by atoms with Gasteiger partial charge in [-0.2, -0.15) is 0 Å². The Kier molecular flexibility index (Phi) is 14.2. The molecule has 6 rings (SSSR count). The number of hydrogen-bond donors (Lipinski definition) is 1. The Morgan fingerprint density at radius 2 is 0.868 bits per heavy atom. The molecule has 7 nitrogen and oxygen atoms in total. The summed E-state index contributed by atoms with van der Waals surface area (Å²) < 4.78 is 23.6. The number of aldehydes is 1. The van der Waals surface area contributed by atoms with E-state index < -0.39 is 5.97 Å². The number of hydrogen-bond acceptors (Lipinski definition) is 6. The summed E-state index contributed by atoms with van der Waals surface area (Å²) in [6.45, 7) is 5.53. The minimum absolute atomic E-state index is 0.195. The number of carbonyl (C=O) groups is 2. The smallest absolute Gasteiger partial charge is 0.339 e. The molecule has 1 N–H and O–H groups in total. The molecule has 0 saturated heterocycles. The third-order valence-electron chi connectivity index (χ3n) is 8.42. The van der Waals surface area contributed by atoms with Gasteiger partial charge in [-0.25, -0.2) is 4.79 Å². The van der Waals surface area contributed by atoms with E-state index >= 15 is 0 Å². The lowest BCUT2D eigenvalue weighted by atomic mass is 10.0. The molecule has 0 aliphatic heterocycles. The Hall–Kier alpha value is -6.34. The van der Waals surface area contributed by atoms with Crippen molar-refractivity contribution in [2.75, 3.05) is 0 Å². The molecule has 0 fully saturated rings. The molecule has 0 saturated carbocycles. The maximum Gasteiger partial charge on any atom is 0.339 e. The summed E-state index contributed by atoms with van der Waals surface area (Å²) in [6, 6.07) is 46.5. The fourth-order valence-corrected chi connectivity index (χ4v) is 5.60. The molecule has 6 aromatic rings. The summed E-state index contributed by atoms with van der Waals surface area (Å²) >= 11 is 0. The van der Waals surface area contributed by atoms with E-state index in [1.165, 1.54) is 0 Å². The third-order valence-corrected chi connectivity index (χ3v) is 8.42. The predicted molar refractivity (Wildman–Crippen MR) is 207 cm³/mol. The van der Waals surface area contributed by atoms with Crippen LogP contribution >= 0.6 is 0 Å². The van der Waals surface area contributed by atoms with Gasteiger partial charge in [-0.1, -0.05) is 135 Å². The van der Waals surface area contributed by atoms with E-state index in [2.05, 4.69) is 0 Å². The second kappa shape index (κ2) is 19.9. The molecule has 0 aliphatic rings. The fourth-order valence-electron chi connectivity index (χ4n) is 5.60. The minimum Gasteiger partial charge on any atom is -0.489 e. The third kappa shape index (κ3) is 11.3. The standard InChI is InChI=1S/C23H22O4.C23H22O3/c1-2-19-13-20(26-15-17-9-5-3-6-10-17)14-21(22(19)23(24)25)27-16-18-11-7-4-8-12-18;1-2-20-13-21(25-16-18-9-5-3-6-10-18)14-23(22(20)15-24)26-17-19-11-7-4-8-12-19/h3-14H,2,15-16H2,1H3,(H,24,25);3-15H,2,16-17H2,1H3. The van der Waals surface area contributed by atoms with Crippen LogP contribution in [0.5, 0.6) is 23.0 Å². The highest BCUT2D eigenvalue weighted by Crippen LogP contribution is 2.32. The molecule has 0 spiro atoms. The molecule has 7 heteroatoms. The minimum atomic E-state index is -0.996. The van der Waals surface area contributed by atoms with Crippen molar-refractivity contribution in [3.8, 4) is 23.0 Å². The van der Waals surface area contributed by atoms with Crippen LogP contribution in [0, 0.1) is 0 Å². The highest BCUT2D eigenvalue weighted by atomic mass is 16.5. The second-order valence-corrected chi connectivity index (χ2v) is 12.2. The molecule has 0 aromatic heterocycles. The Labute approximate surface area is 311 Å². The molecule has 0 heterocycles. The summed E-state index contributed by atoms with van der Waals surface area (Å²) in [6.07, 6.45) is 2.17. The van der Waals surface area contributed by atoms with Crippen LogP contribution in [0.15, 0.2) is 146 Å². The van der Waals surface area contributed by atoms with E-state index in [0.717, 1.165) is 40.5 Å². The first-order chi connectivity index (χ1) is 26.0. The Balaban J connectivity index is 0.000000204. The topological polar surface area (TPSA) is 91.3 Å². The summed E-state index contributed by atoms with van der Waals surface area (Å²) in [7, 11) is 0. The molecule has 0 unspecified atom stereocenters. The number of carboxylic acid groups (broad SMARTS) is 1. The molecule has 0 atom stereocenters. The zero-order valence-electron chi connectivity index (χ0n) is 30.1. The van der Waals surface area contributed by atoms with Crippen molar-refractivity contribution in [1.29, 1.82) is 0 Å². The van der Waals surface area contributed by atoms with Crippen LogP contribution in [0.3, 0.4) is 0 Å². The van der Waals surface area contributed by atoms with Gasteiger partial charge in [-0.3, -0.25) is 4.79 Å². The van der Waals surface area contributed by atoms with Crippen molar-refractivity contribution < 1.29 is 33.6 Å². The monoisotopic (exact) mass is 708 g/mol. The molecule has 0 aliphatic carbocycles. The summed E-state index contributed by atoms with van der Waals surface area (Å²) in [5.41, 5.74) is 6.57. The van der Waals surface area contributed by atoms with Crippen LogP contribution in [-0.2, 0) is 39.3 Å². The highest BCUT2D eigenvalue weighted by Gasteiger charge is 2.19. The van der Waals surface area contributed by atoms with Gasteiger partial charge >= 0.3 is 5.97 Å². The molecular weight excluding hydrogens is 664 g/mol. The number of rotatable bonds is 16. The average Bonchev–Trinajstić information content (AvgIpc) is 3.21. The van der Waals surface area contributed by atoms with Crippen LogP contribution in [-0.4, -0.2) is 17.4 Å². The molecule has 0 bridgehead atoms. The quantitative estimate of drug-likeness (QED) is 0.100. The van der Waals surface area contributed by atoms with Crippen LogP contribution in [0.4, 0.5) is 0 Å². The molecule has 0 radical (unpaired) electrons. The van der Waals surface area contributed by atoms with E-state index in [1.807, 2.05) is 141 Å². The van der Waals surface area contributed by atoms with Gasteiger partial charge in [0.15, 0.2) is 6.29 Å². The number of aromatic carboxylic acids is 1. The van der Waals surface area contributed by atoms with Crippen LogP contribution < -0.4 is 18.9 Å². The number of aryl methyl sites for hydroxylation is 2. The molecule has 0 amide bonds. The van der Waals surface area contributed by atoms with E-state index in [-0.39, 0.29) is 5.56 Å². The highest BCUT2D eigenvalue weighted by molar-refractivity contribution is 5.93. The Morgan fingerprint density at radius 3 is 1.25 bits per heavy atom. The van der Waals surface area contributed by atoms with Gasteiger partial charge in [0.2, 0.25) is 0 Å². The van der Waals surface area contributed by atoms with Crippen molar-refractivity contribution >= 4 is 12.3 Å². The van der Waals surface area contributed by atoms with Gasteiger partial charge in [-0.15, -0.1) is 0 Å². The van der Waals surface area contributed by atoms with Gasteiger partial charge < -0.3 is 24.1 Å². The van der Waals surface area contributed by atoms with Crippen LogP contribution in [0.2, 0.25) is 0 Å². The molecular formula is C46H44O7. The first-order valence-electron chi connectivity index (χ1n) is 17.7. The number of carbonyl (C=O) groups excluding carboxylic acids is 1. The van der Waals surface area contributed by atoms with Crippen LogP contribution in [0.1, 0.15) is 67.9 Å². The Bertz CT molecular complexity index is 2030. The van der Waals surface area contributed by atoms with Gasteiger partial charge in [-0.05, 0) is 58.4 Å². The molecule has 6 aromatic carbocycles. The first-order valence-corrected chi connectivity index (χ1v) is 17.7. The predicted octanol–water partition coefficient (Wildman–Crippen LogP) is 10.3. The van der Waals surface area contributed by atoms with E-state index in [9.17, 15) is 14.7 Å². The number of ether oxygens (including phenoxy) is 4. The van der Waals surface area contributed by atoms with Gasteiger partial charge in [0.1, 0.15) is 55.0 Å². The SMILES string of the molecule is CCc1cc(OCc2ccccc2)cc(OCc2ccccc2)c1C(=O)O.CCc1cc(OCc2ccccc2)cc(OCc2ccccc2)c1C=O. The van der Waals surface area contributed by atoms with Crippen molar-refractivity contribution in [1.82, 2.24) is 0 Å². The largest absolute Gasteiger partial charge is 0.489 e. The number of benzene rings is 6. The second-order valence-electron chi connectivity index (χ2n) is 12.2. The van der Waals surface area contributed by atoms with Crippen molar-refractivity contribution in [3.05, 3.63) is 190 Å². The van der Waals surface area contributed by atoms with Crippen molar-refractivity contribution in [2.45, 2.75) is 53.1 Å². The fraction of sp³-hybridized carbons (Fsp3) is 0.174. The first kappa shape index (κ1) is 37.9. The van der Waals surface area contributed by atoms with Crippen LogP contribution in [0.25, 0.3) is 0 Å². The molecule has 270 valence electrons. The summed E-state index contributed by atoms with van der Waals surface area (Å²) in [4.78, 5) is 23.4. The normalized spacial score (nSPS) is 10.4. The zero-order valence-corrected chi connectivity index (χ0v) is 30.1. The average molecular weight is 709 g/mol. The maximum absolute atomic E-state index is 11.8. The van der Waals surface area contributed by atoms with E-state index in [4.69, 9.17) is 18.9 Å². The van der Waals surface area contributed by atoms with Gasteiger partial charge in [0, 0.05) is 12.1 Å². The maximum atomic E-state index is 11.8. The van der Waals surface area contributed by atoms with Gasteiger partial charge in [0.05, 0.1) is 5.56 Å². The lowest BCUT2D eigenvalue weighted by molar-refractivity contribution is 0.0690. The van der Waals surface area contributed by atoms with Crippen molar-refractivity contribution in [3.63, 3.8) is 0 Å². The number of carboxylic acids is 1. The molecule has 53 heavy (non-hydrogen) atoms. The summed E-state index contributed by atoms with van der Waals surface area (Å²) in [5.74, 6) is 1.20. The van der Waals surface area contributed by atoms with Gasteiger partial charge in [0.25, 0.3) is 0 Å². The van der Waals surface area contributed by atoms with Crippen molar-refractivity contribution in [2.24, 2.45) is 0 Å². The Morgan fingerprint density at radius 1 is 0.509 bits per heavy atom.